The lowest BCUT2D eigenvalue weighted by Gasteiger charge is -2.34. The average Bonchev–Trinajstić information content (AvgIpc) is 2.76. The molecule has 154 valence electrons. The van der Waals surface area contributed by atoms with Gasteiger partial charge in [-0.1, -0.05) is 12.1 Å². The van der Waals surface area contributed by atoms with Gasteiger partial charge in [-0.25, -0.2) is 4.39 Å². The highest BCUT2D eigenvalue weighted by Crippen LogP contribution is 2.26. The summed E-state index contributed by atoms with van der Waals surface area (Å²) in [5.74, 6) is 0.337. The van der Waals surface area contributed by atoms with Gasteiger partial charge in [0.25, 0.3) is 5.91 Å². The molecule has 1 aliphatic heterocycles. The Labute approximate surface area is 171 Å². The number of benzene rings is 1. The van der Waals surface area contributed by atoms with Crippen molar-refractivity contribution in [3.63, 3.8) is 0 Å². The molecule has 1 amide bonds. The molecule has 1 N–H and O–H groups in total. The molecule has 1 aromatic carbocycles. The zero-order valence-electron chi connectivity index (χ0n) is 16.6. The number of carbonyl (C=O) groups excluding carboxylic acids is 1. The van der Waals surface area contributed by atoms with Crippen LogP contribution in [0.15, 0.2) is 42.6 Å². The second-order valence-electron chi connectivity index (χ2n) is 8.05. The van der Waals surface area contributed by atoms with E-state index in [-0.39, 0.29) is 17.8 Å². The van der Waals surface area contributed by atoms with Gasteiger partial charge in [0.15, 0.2) is 0 Å². The van der Waals surface area contributed by atoms with Crippen molar-refractivity contribution in [3.05, 3.63) is 54.0 Å². The molecule has 4 rings (SSSR count). The van der Waals surface area contributed by atoms with E-state index in [1.165, 1.54) is 12.1 Å². The smallest absolute Gasteiger partial charge is 0.253 e. The molecule has 1 saturated carbocycles. The normalized spacial score (nSPS) is 22.9. The first-order valence-corrected chi connectivity index (χ1v) is 10.5. The first kappa shape index (κ1) is 20.0. The zero-order valence-corrected chi connectivity index (χ0v) is 16.6. The van der Waals surface area contributed by atoms with E-state index in [9.17, 15) is 9.18 Å². The maximum atomic E-state index is 13.4. The van der Waals surface area contributed by atoms with E-state index in [4.69, 9.17) is 4.74 Å². The molecular formula is C23H28FN3O2. The number of morpholine rings is 1. The molecule has 1 aliphatic carbocycles. The summed E-state index contributed by atoms with van der Waals surface area (Å²) in [6.07, 6.45) is 5.92. The number of hydrogen-bond acceptors (Lipinski definition) is 4. The Balaban J connectivity index is 1.26. The van der Waals surface area contributed by atoms with Crippen LogP contribution >= 0.6 is 0 Å². The molecule has 0 atom stereocenters. The Morgan fingerprint density at radius 3 is 2.62 bits per heavy atom. The average molecular weight is 397 g/mol. The van der Waals surface area contributed by atoms with Crippen LogP contribution in [-0.4, -0.2) is 54.7 Å². The molecule has 0 bridgehead atoms. The highest BCUT2D eigenvalue weighted by Gasteiger charge is 2.25. The molecule has 1 saturated heterocycles. The lowest BCUT2D eigenvalue weighted by molar-refractivity contribution is 0.0270. The van der Waals surface area contributed by atoms with Crippen molar-refractivity contribution in [1.82, 2.24) is 15.2 Å². The highest BCUT2D eigenvalue weighted by atomic mass is 19.1. The van der Waals surface area contributed by atoms with E-state index < -0.39 is 0 Å². The van der Waals surface area contributed by atoms with E-state index in [1.54, 1.807) is 30.5 Å². The molecular weight excluding hydrogens is 369 g/mol. The van der Waals surface area contributed by atoms with Gasteiger partial charge in [0.1, 0.15) is 5.82 Å². The maximum absolute atomic E-state index is 13.4. The molecule has 2 aliphatic rings. The van der Waals surface area contributed by atoms with E-state index in [1.807, 2.05) is 0 Å². The number of ether oxygens (including phenoxy) is 1. The molecule has 1 aromatic heterocycles. The fourth-order valence-corrected chi connectivity index (χ4v) is 4.25. The van der Waals surface area contributed by atoms with Gasteiger partial charge >= 0.3 is 0 Å². The Morgan fingerprint density at radius 2 is 1.93 bits per heavy atom. The van der Waals surface area contributed by atoms with Gasteiger partial charge in [-0.05, 0) is 55.9 Å². The van der Waals surface area contributed by atoms with Gasteiger partial charge in [-0.15, -0.1) is 0 Å². The summed E-state index contributed by atoms with van der Waals surface area (Å²) in [6, 6.07) is 10.1. The zero-order chi connectivity index (χ0) is 20.1. The lowest BCUT2D eigenvalue weighted by Crippen LogP contribution is -2.42. The molecule has 0 radical (unpaired) electrons. The van der Waals surface area contributed by atoms with Crippen LogP contribution in [0.5, 0.6) is 0 Å². The second-order valence-corrected chi connectivity index (χ2v) is 8.05. The fourth-order valence-electron chi connectivity index (χ4n) is 4.25. The Bertz CT molecular complexity index is 813. The molecule has 5 nitrogen and oxygen atoms in total. The molecule has 0 unspecified atom stereocenters. The van der Waals surface area contributed by atoms with Crippen molar-refractivity contribution < 1.29 is 13.9 Å². The highest BCUT2D eigenvalue weighted by molar-refractivity contribution is 5.94. The predicted molar refractivity (Wildman–Crippen MR) is 110 cm³/mol. The number of rotatable bonds is 5. The number of amides is 1. The monoisotopic (exact) mass is 397 g/mol. The van der Waals surface area contributed by atoms with Gasteiger partial charge in [-0.2, -0.15) is 0 Å². The van der Waals surface area contributed by atoms with Crippen LogP contribution < -0.4 is 5.32 Å². The van der Waals surface area contributed by atoms with Crippen LogP contribution in [-0.2, 0) is 4.74 Å². The van der Waals surface area contributed by atoms with Gasteiger partial charge in [0, 0.05) is 37.4 Å². The van der Waals surface area contributed by atoms with Crippen LogP contribution in [0.2, 0.25) is 0 Å². The Kier molecular flexibility index (Phi) is 6.52. The number of nitrogens with one attached hydrogen (secondary N) is 1. The topological polar surface area (TPSA) is 54.5 Å². The third-order valence-corrected chi connectivity index (χ3v) is 5.95. The number of aromatic nitrogens is 1. The van der Waals surface area contributed by atoms with Crippen LogP contribution in [0.1, 0.15) is 36.0 Å². The molecule has 6 heteroatoms. The van der Waals surface area contributed by atoms with Gasteiger partial charge in [0.2, 0.25) is 0 Å². The van der Waals surface area contributed by atoms with Crippen LogP contribution in [0.4, 0.5) is 4.39 Å². The predicted octanol–water partition coefficient (Wildman–Crippen LogP) is 3.51. The summed E-state index contributed by atoms with van der Waals surface area (Å²) in [7, 11) is 0. The van der Waals surface area contributed by atoms with Crippen molar-refractivity contribution in [1.29, 1.82) is 0 Å². The minimum atomic E-state index is -0.296. The van der Waals surface area contributed by atoms with Crippen LogP contribution in [0.3, 0.4) is 0 Å². The first-order chi connectivity index (χ1) is 14.2. The van der Waals surface area contributed by atoms with E-state index in [0.29, 0.717) is 22.7 Å². The largest absolute Gasteiger partial charge is 0.379 e. The quantitative estimate of drug-likeness (QED) is 0.839. The summed E-state index contributed by atoms with van der Waals surface area (Å²) in [6.45, 7) is 4.91. The fraction of sp³-hybridized carbons (Fsp3) is 0.478. The summed E-state index contributed by atoms with van der Waals surface area (Å²) in [4.78, 5) is 19.4. The first-order valence-electron chi connectivity index (χ1n) is 10.5. The molecule has 29 heavy (non-hydrogen) atoms. The van der Waals surface area contributed by atoms with E-state index in [2.05, 4.69) is 15.2 Å². The van der Waals surface area contributed by atoms with Crippen molar-refractivity contribution in [2.75, 3.05) is 32.8 Å². The number of halogens is 1. The maximum Gasteiger partial charge on any atom is 0.253 e. The van der Waals surface area contributed by atoms with E-state index >= 15 is 0 Å². The van der Waals surface area contributed by atoms with Crippen LogP contribution in [0.25, 0.3) is 11.3 Å². The second kappa shape index (κ2) is 9.46. The van der Waals surface area contributed by atoms with Gasteiger partial charge in [0.05, 0.1) is 24.5 Å². The summed E-state index contributed by atoms with van der Waals surface area (Å²) >= 11 is 0. The number of carbonyl (C=O) groups is 1. The van der Waals surface area contributed by atoms with Crippen molar-refractivity contribution in [2.45, 2.75) is 31.7 Å². The number of pyridine rings is 1. The number of nitrogens with zero attached hydrogens (tertiary/aromatic N) is 2. The standard InChI is InChI=1S/C23H28FN3O2/c24-20-3-1-2-18(14-20)22-9-6-19(15-25-22)23(28)26-21-7-4-17(5-8-21)16-27-10-12-29-13-11-27/h1-3,6,9,14-15,17,21H,4-5,7-8,10-13,16H2,(H,26,28)/t17-,21+. The van der Waals surface area contributed by atoms with Crippen molar-refractivity contribution in [3.8, 4) is 11.3 Å². The van der Waals surface area contributed by atoms with Gasteiger partial charge in [-0.3, -0.25) is 14.7 Å². The molecule has 2 heterocycles. The number of hydrogen-bond donors (Lipinski definition) is 1. The lowest BCUT2D eigenvalue weighted by atomic mass is 9.85. The summed E-state index contributed by atoms with van der Waals surface area (Å²) in [5, 5.41) is 3.16. The SMILES string of the molecule is O=C(N[C@H]1CC[C@@H](CN2CCOCC2)CC1)c1ccc(-c2cccc(F)c2)nc1. The minimum absolute atomic E-state index is 0.0834. The third-order valence-electron chi connectivity index (χ3n) is 5.95. The Hall–Kier alpha value is -2.31. The minimum Gasteiger partial charge on any atom is -0.379 e. The Morgan fingerprint density at radius 1 is 1.14 bits per heavy atom. The van der Waals surface area contributed by atoms with Crippen LogP contribution in [0, 0.1) is 11.7 Å². The molecule has 2 aromatic rings. The van der Waals surface area contributed by atoms with E-state index in [0.717, 1.165) is 58.5 Å². The van der Waals surface area contributed by atoms with Crippen molar-refractivity contribution >= 4 is 5.91 Å². The summed E-state index contributed by atoms with van der Waals surface area (Å²) < 4.78 is 18.8. The summed E-state index contributed by atoms with van der Waals surface area (Å²) in [5.41, 5.74) is 1.90. The van der Waals surface area contributed by atoms with Gasteiger partial charge < -0.3 is 10.1 Å². The molecule has 0 spiro atoms. The van der Waals surface area contributed by atoms with Crippen molar-refractivity contribution in [2.24, 2.45) is 5.92 Å². The molecule has 2 fully saturated rings. The third kappa shape index (κ3) is 5.40.